The molecule has 0 aliphatic carbocycles. The van der Waals surface area contributed by atoms with Gasteiger partial charge >= 0.3 is 5.97 Å². The Morgan fingerprint density at radius 2 is 1.77 bits per heavy atom. The Labute approximate surface area is 206 Å². The van der Waals surface area contributed by atoms with Gasteiger partial charge in [-0.25, -0.2) is 4.98 Å². The third-order valence-corrected chi connectivity index (χ3v) is 6.12. The van der Waals surface area contributed by atoms with E-state index in [9.17, 15) is 14.4 Å². The van der Waals surface area contributed by atoms with Crippen molar-refractivity contribution in [2.24, 2.45) is 10.8 Å². The summed E-state index contributed by atoms with van der Waals surface area (Å²) < 4.78 is 6.79. The molecular formula is C28H35N3O4. The molecular weight excluding hydrogens is 442 g/mol. The van der Waals surface area contributed by atoms with E-state index in [4.69, 9.17) is 4.74 Å². The van der Waals surface area contributed by atoms with Crippen LogP contribution >= 0.6 is 0 Å². The molecule has 0 fully saturated rings. The molecule has 0 saturated heterocycles. The van der Waals surface area contributed by atoms with Crippen LogP contribution in [0.15, 0.2) is 42.7 Å². The van der Waals surface area contributed by atoms with E-state index in [0.717, 1.165) is 5.56 Å². The summed E-state index contributed by atoms with van der Waals surface area (Å²) >= 11 is 0. The molecule has 0 bridgehead atoms. The monoisotopic (exact) mass is 477 g/mol. The Morgan fingerprint density at radius 3 is 2.31 bits per heavy atom. The number of esters is 1. The van der Waals surface area contributed by atoms with Crippen molar-refractivity contribution < 1.29 is 19.1 Å². The van der Waals surface area contributed by atoms with Crippen LogP contribution in [0.2, 0.25) is 0 Å². The summed E-state index contributed by atoms with van der Waals surface area (Å²) in [5.41, 5.74) is 1.33. The quantitative estimate of drug-likeness (QED) is 0.349. The minimum Gasteiger partial charge on any atom is -0.469 e. The highest BCUT2D eigenvalue weighted by atomic mass is 16.5. The van der Waals surface area contributed by atoms with Gasteiger partial charge in [-0.3, -0.25) is 14.4 Å². The molecule has 3 aromatic heterocycles. The van der Waals surface area contributed by atoms with Gasteiger partial charge in [0.15, 0.2) is 5.78 Å². The van der Waals surface area contributed by atoms with Crippen LogP contribution in [0.4, 0.5) is 5.82 Å². The van der Waals surface area contributed by atoms with Crippen LogP contribution < -0.4 is 5.32 Å². The first-order valence-electron chi connectivity index (χ1n) is 11.8. The number of ketones is 1. The van der Waals surface area contributed by atoms with E-state index < -0.39 is 22.7 Å². The van der Waals surface area contributed by atoms with E-state index in [1.807, 2.05) is 39.1 Å². The Morgan fingerprint density at radius 1 is 1.09 bits per heavy atom. The van der Waals surface area contributed by atoms with Crippen molar-refractivity contribution in [3.8, 4) is 0 Å². The summed E-state index contributed by atoms with van der Waals surface area (Å²) in [4.78, 5) is 44.3. The van der Waals surface area contributed by atoms with Crippen molar-refractivity contribution in [3.05, 3.63) is 65.1 Å². The van der Waals surface area contributed by atoms with Gasteiger partial charge in [0.1, 0.15) is 11.5 Å². The predicted molar refractivity (Wildman–Crippen MR) is 137 cm³/mol. The molecule has 0 saturated carbocycles. The number of rotatable bonds is 7. The Bertz CT molecular complexity index is 1260. The molecule has 7 nitrogen and oxygen atoms in total. The third-order valence-electron chi connectivity index (χ3n) is 6.12. The molecule has 3 rings (SSSR count). The fraction of sp³-hybridized carbons (Fsp3) is 0.429. The number of fused-ring (bicyclic) bond motifs is 1. The SMILES string of the molecule is COC(=O)C(C)(C)Cc1c(C(=O)C(C)(C)C)c2cc(C(C)C)ccn2c1C(=O)Nc1ccccn1. The molecule has 35 heavy (non-hydrogen) atoms. The first kappa shape index (κ1) is 26.1. The Kier molecular flexibility index (Phi) is 7.20. The number of aromatic nitrogens is 2. The number of amides is 1. The zero-order chi connectivity index (χ0) is 26.1. The second kappa shape index (κ2) is 9.64. The molecule has 7 heteroatoms. The molecule has 0 spiro atoms. The average molecular weight is 478 g/mol. The number of methoxy groups -OCH3 is 1. The maximum absolute atomic E-state index is 13.8. The lowest BCUT2D eigenvalue weighted by atomic mass is 9.79. The molecule has 0 aliphatic rings. The third kappa shape index (κ3) is 5.29. The lowest BCUT2D eigenvalue weighted by Crippen LogP contribution is -2.30. The first-order valence-corrected chi connectivity index (χ1v) is 11.8. The van der Waals surface area contributed by atoms with Crippen molar-refractivity contribution in [3.63, 3.8) is 0 Å². The number of carbonyl (C=O) groups excluding carboxylic acids is 3. The van der Waals surface area contributed by atoms with Gasteiger partial charge < -0.3 is 14.5 Å². The molecule has 0 unspecified atom stereocenters. The van der Waals surface area contributed by atoms with Crippen LogP contribution in [0.3, 0.4) is 0 Å². The normalized spacial score (nSPS) is 12.1. The van der Waals surface area contributed by atoms with Gasteiger partial charge in [0.2, 0.25) is 0 Å². The molecule has 1 N–H and O–H groups in total. The highest BCUT2D eigenvalue weighted by Crippen LogP contribution is 2.36. The number of nitrogens with one attached hydrogen (secondary N) is 1. The number of pyridine rings is 2. The molecule has 0 radical (unpaired) electrons. The van der Waals surface area contributed by atoms with E-state index in [-0.39, 0.29) is 18.1 Å². The van der Waals surface area contributed by atoms with Crippen molar-refractivity contribution in [1.82, 2.24) is 9.38 Å². The van der Waals surface area contributed by atoms with E-state index >= 15 is 0 Å². The standard InChI is InChI=1S/C28H35N3O4/c1-17(2)18-12-14-31-20(15-18)22(24(32)27(3,4)5)19(16-28(6,7)26(34)35-8)23(31)25(33)30-21-11-9-10-13-29-21/h9-15,17H,16H2,1-8H3,(H,29,30,33). The summed E-state index contributed by atoms with van der Waals surface area (Å²) in [7, 11) is 1.34. The molecule has 0 atom stereocenters. The summed E-state index contributed by atoms with van der Waals surface area (Å²) in [6.45, 7) is 13.2. The number of hydrogen-bond donors (Lipinski definition) is 1. The predicted octanol–water partition coefficient (Wildman–Crippen LogP) is 5.68. The fourth-order valence-corrected chi connectivity index (χ4v) is 4.13. The minimum atomic E-state index is -0.965. The largest absolute Gasteiger partial charge is 0.469 e. The number of carbonyl (C=O) groups is 3. The van der Waals surface area contributed by atoms with Crippen LogP contribution in [0.5, 0.6) is 0 Å². The number of hydrogen-bond acceptors (Lipinski definition) is 5. The smallest absolute Gasteiger partial charge is 0.311 e. The molecule has 186 valence electrons. The van der Waals surface area contributed by atoms with Crippen LogP contribution in [0.25, 0.3) is 5.52 Å². The number of nitrogens with zero attached hydrogens (tertiary/aromatic N) is 2. The Hall–Kier alpha value is -3.48. The van der Waals surface area contributed by atoms with Crippen LogP contribution in [-0.2, 0) is 16.0 Å². The van der Waals surface area contributed by atoms with Crippen molar-refractivity contribution in [2.45, 2.75) is 60.8 Å². The van der Waals surface area contributed by atoms with E-state index in [0.29, 0.717) is 28.2 Å². The van der Waals surface area contributed by atoms with Gasteiger partial charge in [0.25, 0.3) is 5.91 Å². The zero-order valence-corrected chi connectivity index (χ0v) is 21.9. The summed E-state index contributed by atoms with van der Waals surface area (Å²) in [5.74, 6) is -0.287. The lowest BCUT2D eigenvalue weighted by molar-refractivity contribution is -0.150. The fourth-order valence-electron chi connectivity index (χ4n) is 4.13. The second-order valence-corrected chi connectivity index (χ2v) is 10.9. The van der Waals surface area contributed by atoms with Crippen molar-refractivity contribution in [1.29, 1.82) is 0 Å². The van der Waals surface area contributed by atoms with Gasteiger partial charge in [0.05, 0.1) is 18.0 Å². The van der Waals surface area contributed by atoms with Crippen LogP contribution in [0.1, 0.15) is 86.4 Å². The second-order valence-electron chi connectivity index (χ2n) is 10.9. The summed E-state index contributed by atoms with van der Waals surface area (Å²) in [5, 5.41) is 2.85. The lowest BCUT2D eigenvalue weighted by Gasteiger charge is -2.24. The van der Waals surface area contributed by atoms with Crippen molar-refractivity contribution >= 4 is 29.0 Å². The van der Waals surface area contributed by atoms with Crippen LogP contribution in [0, 0.1) is 10.8 Å². The topological polar surface area (TPSA) is 89.8 Å². The molecule has 3 heterocycles. The van der Waals surface area contributed by atoms with Gasteiger partial charge in [-0.2, -0.15) is 0 Å². The number of Topliss-reactive ketones (excluding diaryl/α,β-unsaturated/α-hetero) is 1. The number of anilines is 1. The van der Waals surface area contributed by atoms with Gasteiger partial charge in [-0.1, -0.05) is 40.7 Å². The van der Waals surface area contributed by atoms with Gasteiger partial charge in [0, 0.05) is 23.4 Å². The van der Waals surface area contributed by atoms with E-state index in [1.54, 1.807) is 42.6 Å². The maximum atomic E-state index is 13.8. The molecule has 0 aromatic carbocycles. The zero-order valence-electron chi connectivity index (χ0n) is 21.9. The molecule has 0 aliphatic heterocycles. The first-order chi connectivity index (χ1) is 16.3. The van der Waals surface area contributed by atoms with E-state index in [1.165, 1.54) is 7.11 Å². The van der Waals surface area contributed by atoms with Crippen molar-refractivity contribution in [2.75, 3.05) is 12.4 Å². The Balaban J connectivity index is 2.36. The maximum Gasteiger partial charge on any atom is 0.311 e. The summed E-state index contributed by atoms with van der Waals surface area (Å²) in [6, 6.07) is 9.17. The molecule has 1 amide bonds. The van der Waals surface area contributed by atoms with Gasteiger partial charge in [-0.15, -0.1) is 0 Å². The van der Waals surface area contributed by atoms with Crippen LogP contribution in [-0.4, -0.2) is 34.2 Å². The minimum absolute atomic E-state index is 0.0940. The highest BCUT2D eigenvalue weighted by molar-refractivity contribution is 6.13. The van der Waals surface area contributed by atoms with E-state index in [2.05, 4.69) is 24.1 Å². The summed E-state index contributed by atoms with van der Waals surface area (Å²) in [6.07, 6.45) is 3.57. The number of ether oxygens (including phenoxy) is 1. The average Bonchev–Trinajstić information content (AvgIpc) is 3.09. The highest BCUT2D eigenvalue weighted by Gasteiger charge is 2.38. The van der Waals surface area contributed by atoms with Gasteiger partial charge in [-0.05, 0) is 61.6 Å². The molecule has 3 aromatic rings.